The summed E-state index contributed by atoms with van der Waals surface area (Å²) in [6.07, 6.45) is 1.17. The molecule has 0 aliphatic rings. The summed E-state index contributed by atoms with van der Waals surface area (Å²) in [6.45, 7) is 3.04. The highest BCUT2D eigenvalue weighted by Crippen LogP contribution is 2.29. The van der Waals surface area contributed by atoms with E-state index in [2.05, 4.69) is 0 Å². The van der Waals surface area contributed by atoms with E-state index in [0.29, 0.717) is 5.57 Å². The fourth-order valence-electron chi connectivity index (χ4n) is 1.63. The Morgan fingerprint density at radius 3 is 1.90 bits per heavy atom. The molecule has 0 heterocycles. The molecule has 1 rings (SSSR count). The highest BCUT2D eigenvalue weighted by Gasteiger charge is 2.22. The highest BCUT2D eigenvalue weighted by molar-refractivity contribution is 6.37. The SMILES string of the molecule is CC(C)=C(C(=O)O)/C(=C/c1c(Cl)cccc1Cl)C(=O)O. The van der Waals surface area contributed by atoms with Gasteiger partial charge in [0.15, 0.2) is 0 Å². The van der Waals surface area contributed by atoms with Gasteiger partial charge in [-0.3, -0.25) is 0 Å². The second-order valence-electron chi connectivity index (χ2n) is 4.18. The van der Waals surface area contributed by atoms with Crippen LogP contribution in [-0.4, -0.2) is 22.2 Å². The number of hydrogen-bond acceptors (Lipinski definition) is 2. The van der Waals surface area contributed by atoms with E-state index in [4.69, 9.17) is 28.3 Å². The number of rotatable bonds is 4. The third-order valence-electron chi connectivity index (χ3n) is 2.50. The first-order valence-electron chi connectivity index (χ1n) is 5.55. The molecule has 0 amide bonds. The molecule has 0 unspecified atom stereocenters. The normalized spacial score (nSPS) is 11.1. The molecule has 0 atom stereocenters. The molecule has 106 valence electrons. The average molecular weight is 315 g/mol. The number of carboxylic acid groups (broad SMARTS) is 2. The molecule has 0 radical (unpaired) electrons. The third-order valence-corrected chi connectivity index (χ3v) is 3.16. The van der Waals surface area contributed by atoms with Crippen LogP contribution in [0, 0.1) is 0 Å². The maximum Gasteiger partial charge on any atom is 0.336 e. The predicted octanol–water partition coefficient (Wildman–Crippen LogP) is 3.88. The molecule has 0 fully saturated rings. The van der Waals surface area contributed by atoms with Crippen LogP contribution in [0.3, 0.4) is 0 Å². The molecular weight excluding hydrogens is 303 g/mol. The largest absolute Gasteiger partial charge is 0.478 e. The zero-order valence-electron chi connectivity index (χ0n) is 10.8. The van der Waals surface area contributed by atoms with Gasteiger partial charge in [0.2, 0.25) is 0 Å². The van der Waals surface area contributed by atoms with E-state index in [1.165, 1.54) is 19.9 Å². The second-order valence-corrected chi connectivity index (χ2v) is 4.99. The minimum absolute atomic E-state index is 0.245. The van der Waals surface area contributed by atoms with Crippen LogP contribution in [-0.2, 0) is 9.59 Å². The van der Waals surface area contributed by atoms with Crippen LogP contribution >= 0.6 is 23.2 Å². The zero-order chi connectivity index (χ0) is 15.4. The fourth-order valence-corrected chi connectivity index (χ4v) is 2.14. The van der Waals surface area contributed by atoms with E-state index < -0.39 is 11.9 Å². The number of benzene rings is 1. The van der Waals surface area contributed by atoms with Gasteiger partial charge in [-0.25, -0.2) is 9.59 Å². The summed E-state index contributed by atoms with van der Waals surface area (Å²) in [7, 11) is 0. The van der Waals surface area contributed by atoms with Crippen LogP contribution in [0.25, 0.3) is 6.08 Å². The van der Waals surface area contributed by atoms with Gasteiger partial charge in [0.25, 0.3) is 0 Å². The predicted molar refractivity (Wildman–Crippen MR) is 78.1 cm³/mol. The van der Waals surface area contributed by atoms with Crippen molar-refractivity contribution < 1.29 is 19.8 Å². The Balaban J connectivity index is 3.58. The fraction of sp³-hybridized carbons (Fsp3) is 0.143. The summed E-state index contributed by atoms with van der Waals surface area (Å²) in [4.78, 5) is 22.5. The quantitative estimate of drug-likeness (QED) is 0.653. The van der Waals surface area contributed by atoms with E-state index in [9.17, 15) is 14.7 Å². The Hall–Kier alpha value is -1.78. The summed E-state index contributed by atoms with van der Waals surface area (Å²) < 4.78 is 0. The van der Waals surface area contributed by atoms with E-state index in [-0.39, 0.29) is 26.8 Å². The van der Waals surface area contributed by atoms with Crippen LogP contribution in [0.2, 0.25) is 10.0 Å². The molecule has 0 saturated heterocycles. The van der Waals surface area contributed by atoms with E-state index in [1.54, 1.807) is 18.2 Å². The molecule has 2 N–H and O–H groups in total. The molecule has 0 saturated carbocycles. The number of halogens is 2. The van der Waals surface area contributed by atoms with Crippen molar-refractivity contribution in [3.05, 3.63) is 50.5 Å². The molecule has 1 aromatic rings. The monoisotopic (exact) mass is 314 g/mol. The second kappa shape index (κ2) is 6.59. The summed E-state index contributed by atoms with van der Waals surface area (Å²) in [5, 5.41) is 18.9. The Labute approximate surface area is 125 Å². The van der Waals surface area contributed by atoms with Crippen LogP contribution in [0.15, 0.2) is 34.9 Å². The maximum atomic E-state index is 11.3. The highest BCUT2D eigenvalue weighted by atomic mass is 35.5. The zero-order valence-corrected chi connectivity index (χ0v) is 12.3. The molecule has 0 bridgehead atoms. The van der Waals surface area contributed by atoms with Crippen molar-refractivity contribution in [3.63, 3.8) is 0 Å². The van der Waals surface area contributed by atoms with Crippen LogP contribution in [0.1, 0.15) is 19.4 Å². The van der Waals surface area contributed by atoms with Crippen molar-refractivity contribution in [1.82, 2.24) is 0 Å². The molecule has 6 heteroatoms. The van der Waals surface area contributed by atoms with E-state index in [0.717, 1.165) is 0 Å². The van der Waals surface area contributed by atoms with Gasteiger partial charge in [-0.05, 0) is 32.1 Å². The topological polar surface area (TPSA) is 74.6 Å². The smallest absolute Gasteiger partial charge is 0.336 e. The van der Waals surface area contributed by atoms with Gasteiger partial charge in [-0.2, -0.15) is 0 Å². The van der Waals surface area contributed by atoms with Crippen molar-refractivity contribution in [2.45, 2.75) is 13.8 Å². The van der Waals surface area contributed by atoms with Crippen LogP contribution in [0.4, 0.5) is 0 Å². The summed E-state index contributed by atoms with van der Waals surface area (Å²) in [5.74, 6) is -2.68. The van der Waals surface area contributed by atoms with Crippen LogP contribution in [0.5, 0.6) is 0 Å². The average Bonchev–Trinajstić information content (AvgIpc) is 2.30. The first kappa shape index (κ1) is 16.3. The lowest BCUT2D eigenvalue weighted by molar-refractivity contribution is -0.136. The van der Waals surface area contributed by atoms with Crippen molar-refractivity contribution in [2.24, 2.45) is 0 Å². The summed E-state index contributed by atoms with van der Waals surface area (Å²) >= 11 is 11.9. The van der Waals surface area contributed by atoms with Crippen LogP contribution < -0.4 is 0 Å². The molecule has 0 spiro atoms. The van der Waals surface area contributed by atoms with E-state index in [1.807, 2.05) is 0 Å². The summed E-state index contributed by atoms with van der Waals surface area (Å²) in [6, 6.07) is 4.70. The molecule has 0 aliphatic heterocycles. The molecular formula is C14H12Cl2O4. The Kier molecular flexibility index (Phi) is 5.36. The van der Waals surface area contributed by atoms with Gasteiger partial charge < -0.3 is 10.2 Å². The molecule has 1 aromatic carbocycles. The minimum atomic E-state index is -1.36. The van der Waals surface area contributed by atoms with Gasteiger partial charge >= 0.3 is 11.9 Å². The minimum Gasteiger partial charge on any atom is -0.478 e. The van der Waals surface area contributed by atoms with Crippen molar-refractivity contribution in [2.75, 3.05) is 0 Å². The third kappa shape index (κ3) is 3.62. The van der Waals surface area contributed by atoms with Gasteiger partial charge in [-0.15, -0.1) is 0 Å². The lowest BCUT2D eigenvalue weighted by Gasteiger charge is -2.08. The molecule has 20 heavy (non-hydrogen) atoms. The van der Waals surface area contributed by atoms with Crippen molar-refractivity contribution in [3.8, 4) is 0 Å². The first-order chi connectivity index (χ1) is 9.25. The standard InChI is InChI=1S/C14H12Cl2O4/c1-7(2)12(14(19)20)9(13(17)18)6-8-10(15)4-3-5-11(8)16/h3-6H,1-2H3,(H,17,18)(H,19,20)/b9-6-. The number of carbonyl (C=O) groups is 2. The van der Waals surface area contributed by atoms with Crippen molar-refractivity contribution in [1.29, 1.82) is 0 Å². The molecule has 0 aromatic heterocycles. The Bertz CT molecular complexity index is 606. The number of carboxylic acids is 2. The number of aliphatic carboxylic acids is 2. The maximum absolute atomic E-state index is 11.3. The lowest BCUT2D eigenvalue weighted by Crippen LogP contribution is -2.12. The lowest BCUT2D eigenvalue weighted by atomic mass is 9.99. The van der Waals surface area contributed by atoms with Crippen molar-refractivity contribution >= 4 is 41.2 Å². The first-order valence-corrected chi connectivity index (χ1v) is 6.31. The molecule has 0 aliphatic carbocycles. The Morgan fingerprint density at radius 1 is 1.05 bits per heavy atom. The van der Waals surface area contributed by atoms with Gasteiger partial charge in [0, 0.05) is 15.6 Å². The Morgan fingerprint density at radius 2 is 1.55 bits per heavy atom. The van der Waals surface area contributed by atoms with Gasteiger partial charge in [0.05, 0.1) is 11.1 Å². The van der Waals surface area contributed by atoms with Gasteiger partial charge in [-0.1, -0.05) is 34.8 Å². The molecule has 4 nitrogen and oxygen atoms in total. The van der Waals surface area contributed by atoms with E-state index >= 15 is 0 Å². The summed E-state index contributed by atoms with van der Waals surface area (Å²) in [5.41, 5.74) is -0.0106. The van der Waals surface area contributed by atoms with Gasteiger partial charge in [0.1, 0.15) is 0 Å². The number of allylic oxidation sites excluding steroid dienone is 1. The number of hydrogen-bond donors (Lipinski definition) is 2.